The van der Waals surface area contributed by atoms with Gasteiger partial charge in [-0.3, -0.25) is 4.21 Å². The molecule has 0 bridgehead atoms. The summed E-state index contributed by atoms with van der Waals surface area (Å²) in [7, 11) is -1.89. The Kier molecular flexibility index (Phi) is 12.8. The summed E-state index contributed by atoms with van der Waals surface area (Å²) in [6.45, 7) is 0.991. The number of hydrogen-bond donors (Lipinski definition) is 1. The van der Waals surface area contributed by atoms with E-state index in [2.05, 4.69) is 4.36 Å². The third-order valence-electron chi connectivity index (χ3n) is 0.531. The Bertz CT molecular complexity index is 157. The predicted molar refractivity (Wildman–Crippen MR) is 50.8 cm³/mol. The second kappa shape index (κ2) is 7.60. The molecule has 0 saturated heterocycles. The van der Waals surface area contributed by atoms with Gasteiger partial charge in [0.1, 0.15) is 0 Å². The number of nitrogens with zero attached hydrogens (tertiary/aromatic N) is 1. The van der Waals surface area contributed by atoms with Gasteiger partial charge in [-0.1, -0.05) is 0 Å². The fourth-order valence-corrected chi connectivity index (χ4v) is 0.818. The normalized spacial score (nSPS) is 9.10. The average Bonchev–Trinajstić information content (AvgIpc) is 1.59. The van der Waals surface area contributed by atoms with Crippen molar-refractivity contribution in [3.05, 3.63) is 0 Å². The molecule has 10 heavy (non-hydrogen) atoms. The minimum atomic E-state index is -1.89. The largest absolute Gasteiger partial charge is 0.329 e. The quantitative estimate of drug-likeness (QED) is 0.720. The number of nitrogens with two attached hydrogens (primary N) is 1. The van der Waals surface area contributed by atoms with Crippen LogP contribution in [0.1, 0.15) is 0 Å². The molecule has 0 aromatic heterocycles. The molecule has 0 aromatic carbocycles. The maximum Gasteiger partial charge on any atom is 0.0606 e. The first kappa shape index (κ1) is 16.8. The number of hydrogen-bond acceptors (Lipinski definition) is 3. The van der Waals surface area contributed by atoms with E-state index in [1.54, 1.807) is 12.5 Å². The van der Waals surface area contributed by atoms with Gasteiger partial charge < -0.3 is 5.73 Å². The van der Waals surface area contributed by atoms with Crippen molar-refractivity contribution in [1.29, 1.82) is 0 Å². The van der Waals surface area contributed by atoms with Crippen LogP contribution in [0.2, 0.25) is 0 Å². The Morgan fingerprint density at radius 1 is 1.40 bits per heavy atom. The maximum atomic E-state index is 10.7. The molecule has 0 spiro atoms. The Morgan fingerprint density at radius 3 is 1.90 bits per heavy atom. The van der Waals surface area contributed by atoms with Gasteiger partial charge in [0.25, 0.3) is 0 Å². The van der Waals surface area contributed by atoms with Gasteiger partial charge in [0.2, 0.25) is 0 Å². The molecule has 0 unspecified atom stereocenters. The van der Waals surface area contributed by atoms with Gasteiger partial charge in [0, 0.05) is 28.8 Å². The van der Waals surface area contributed by atoms with Crippen LogP contribution in [0.5, 0.6) is 0 Å². The van der Waals surface area contributed by atoms with Crippen molar-refractivity contribution in [2.24, 2.45) is 10.1 Å². The SMILES string of the molecule is CS(C)(=O)=NCCN.Cl.Cl. The molecule has 0 aromatic rings. The molecule has 0 atom stereocenters. The van der Waals surface area contributed by atoms with Crippen LogP contribution < -0.4 is 5.73 Å². The lowest BCUT2D eigenvalue weighted by Gasteiger charge is -1.90. The van der Waals surface area contributed by atoms with Gasteiger partial charge >= 0.3 is 0 Å². The molecule has 0 heterocycles. The van der Waals surface area contributed by atoms with Crippen LogP contribution in [0.15, 0.2) is 4.36 Å². The Labute approximate surface area is 74.8 Å². The smallest absolute Gasteiger partial charge is 0.0606 e. The van der Waals surface area contributed by atoms with E-state index in [0.717, 1.165) is 0 Å². The summed E-state index contributed by atoms with van der Waals surface area (Å²) >= 11 is 0. The molecule has 6 heteroatoms. The van der Waals surface area contributed by atoms with Crippen LogP contribution in [0, 0.1) is 0 Å². The van der Waals surface area contributed by atoms with Crippen LogP contribution in [0.25, 0.3) is 0 Å². The third-order valence-corrected chi connectivity index (χ3v) is 1.34. The molecule has 0 aliphatic rings. The highest BCUT2D eigenvalue weighted by atomic mass is 35.5. The molecule has 0 amide bonds. The zero-order valence-corrected chi connectivity index (χ0v) is 8.52. The molecule has 0 rings (SSSR count). The van der Waals surface area contributed by atoms with Crippen LogP contribution in [0.4, 0.5) is 0 Å². The molecule has 0 aliphatic heterocycles. The van der Waals surface area contributed by atoms with E-state index < -0.39 is 9.73 Å². The summed E-state index contributed by atoms with van der Waals surface area (Å²) in [5.41, 5.74) is 5.12. The van der Waals surface area contributed by atoms with Crippen molar-refractivity contribution in [3.63, 3.8) is 0 Å². The van der Waals surface area contributed by atoms with Crippen molar-refractivity contribution < 1.29 is 4.21 Å². The maximum absolute atomic E-state index is 10.7. The van der Waals surface area contributed by atoms with Crippen LogP contribution in [-0.4, -0.2) is 29.8 Å². The lowest BCUT2D eigenvalue weighted by atomic mass is 10.7. The van der Waals surface area contributed by atoms with E-state index in [4.69, 9.17) is 5.73 Å². The molecular weight excluding hydrogens is 195 g/mol. The summed E-state index contributed by atoms with van der Waals surface area (Å²) in [5, 5.41) is 0. The van der Waals surface area contributed by atoms with Gasteiger partial charge in [-0.15, -0.1) is 24.8 Å². The highest BCUT2D eigenvalue weighted by Gasteiger charge is 1.84. The molecule has 0 radical (unpaired) electrons. The van der Waals surface area contributed by atoms with Gasteiger partial charge in [-0.05, 0) is 0 Å². The zero-order valence-electron chi connectivity index (χ0n) is 6.07. The van der Waals surface area contributed by atoms with Crippen molar-refractivity contribution >= 4 is 34.5 Å². The summed E-state index contributed by atoms with van der Waals surface area (Å²) in [5.74, 6) is 0. The van der Waals surface area contributed by atoms with Gasteiger partial charge in [-0.2, -0.15) is 0 Å². The van der Waals surface area contributed by atoms with E-state index in [1.807, 2.05) is 0 Å². The first-order chi connectivity index (χ1) is 3.56. The zero-order chi connectivity index (χ0) is 6.62. The third kappa shape index (κ3) is 15.8. The monoisotopic (exact) mass is 208 g/mol. The van der Waals surface area contributed by atoms with Crippen molar-refractivity contribution in [1.82, 2.24) is 0 Å². The van der Waals surface area contributed by atoms with Gasteiger partial charge in [0.05, 0.1) is 6.54 Å². The molecule has 3 nitrogen and oxygen atoms in total. The van der Waals surface area contributed by atoms with E-state index in [1.165, 1.54) is 0 Å². The van der Waals surface area contributed by atoms with Crippen LogP contribution >= 0.6 is 24.8 Å². The summed E-state index contributed by atoms with van der Waals surface area (Å²) in [6, 6.07) is 0. The molecule has 0 saturated carbocycles. The minimum absolute atomic E-state index is 0. The highest BCUT2D eigenvalue weighted by Crippen LogP contribution is 1.80. The fourth-order valence-electron chi connectivity index (χ4n) is 0.273. The molecule has 66 valence electrons. The number of halogens is 2. The van der Waals surface area contributed by atoms with E-state index in [-0.39, 0.29) is 24.8 Å². The molecular formula is C4H14Cl2N2OS. The van der Waals surface area contributed by atoms with Gasteiger partial charge in [0.15, 0.2) is 0 Å². The standard InChI is InChI=1S/C4H12N2OS.2ClH/c1-8(2,7)6-4-3-5;;/h3-5H2,1-2H3;2*1H. The lowest BCUT2D eigenvalue weighted by molar-refractivity contribution is 0.682. The molecule has 0 aliphatic carbocycles. The van der Waals surface area contributed by atoms with Crippen LogP contribution in [-0.2, 0) is 9.73 Å². The number of rotatable bonds is 2. The van der Waals surface area contributed by atoms with E-state index >= 15 is 0 Å². The Morgan fingerprint density at radius 2 is 1.80 bits per heavy atom. The fraction of sp³-hybridized carbons (Fsp3) is 1.00. The molecule has 0 fully saturated rings. The topological polar surface area (TPSA) is 55.5 Å². The average molecular weight is 209 g/mol. The predicted octanol–water partition coefficient (Wildman–Crippen LogP) is 0.516. The summed E-state index contributed by atoms with van der Waals surface area (Å²) in [6.07, 6.45) is 3.20. The van der Waals surface area contributed by atoms with Crippen molar-refractivity contribution in [2.75, 3.05) is 25.6 Å². The van der Waals surface area contributed by atoms with Crippen molar-refractivity contribution in [3.8, 4) is 0 Å². The summed E-state index contributed by atoms with van der Waals surface area (Å²) in [4.78, 5) is 0. The van der Waals surface area contributed by atoms with E-state index in [0.29, 0.717) is 13.1 Å². The highest BCUT2D eigenvalue weighted by molar-refractivity contribution is 7.92. The van der Waals surface area contributed by atoms with E-state index in [9.17, 15) is 4.21 Å². The van der Waals surface area contributed by atoms with Crippen molar-refractivity contribution in [2.45, 2.75) is 0 Å². The Hall–Kier alpha value is 0.490. The summed E-state index contributed by atoms with van der Waals surface area (Å²) < 4.78 is 14.5. The van der Waals surface area contributed by atoms with Gasteiger partial charge in [-0.25, -0.2) is 4.36 Å². The first-order valence-electron chi connectivity index (χ1n) is 2.39. The lowest BCUT2D eigenvalue weighted by Crippen LogP contribution is -2.04. The second-order valence-electron chi connectivity index (χ2n) is 1.82. The first-order valence-corrected chi connectivity index (χ1v) is 4.72. The second-order valence-corrected chi connectivity index (χ2v) is 4.44. The molecule has 2 N–H and O–H groups in total. The minimum Gasteiger partial charge on any atom is -0.329 e. The Balaban J connectivity index is -0.000000245. The van der Waals surface area contributed by atoms with Crippen LogP contribution in [0.3, 0.4) is 0 Å².